The second-order valence-electron chi connectivity index (χ2n) is 6.59. The average molecular weight is 333 g/mol. The molecule has 1 aromatic carbocycles. The molecular formula is C18H23NO5. The first-order valence-electron chi connectivity index (χ1n) is 7.93. The molecule has 0 spiro atoms. The Kier molecular flexibility index (Phi) is 5.17. The van der Waals surface area contributed by atoms with Gasteiger partial charge in [-0.3, -0.25) is 0 Å². The Labute approximate surface area is 140 Å². The van der Waals surface area contributed by atoms with Crippen molar-refractivity contribution in [2.24, 2.45) is 0 Å². The maximum Gasteiger partial charge on any atom is 0.408 e. The van der Waals surface area contributed by atoms with Gasteiger partial charge in [0.25, 0.3) is 0 Å². The number of para-hydroxylation sites is 1. The number of rotatable bonds is 5. The summed E-state index contributed by atoms with van der Waals surface area (Å²) in [6.45, 7) is 7.11. The number of hydrogen-bond donors (Lipinski definition) is 2. The molecule has 2 rings (SSSR count). The molecule has 0 saturated carbocycles. The zero-order valence-corrected chi connectivity index (χ0v) is 14.4. The SMILES string of the molecule is CCc1oc2ccccc2c1CC(NC(=O)OC(C)(C)C)C(=O)O. The van der Waals surface area contributed by atoms with Crippen LogP contribution in [0.2, 0.25) is 0 Å². The van der Waals surface area contributed by atoms with Gasteiger partial charge in [-0.15, -0.1) is 0 Å². The molecule has 1 heterocycles. The summed E-state index contributed by atoms with van der Waals surface area (Å²) in [6.07, 6.45) is 0.0260. The van der Waals surface area contributed by atoms with E-state index in [4.69, 9.17) is 9.15 Å². The lowest BCUT2D eigenvalue weighted by atomic mass is 10.0. The Morgan fingerprint density at radius 3 is 2.54 bits per heavy atom. The lowest BCUT2D eigenvalue weighted by Gasteiger charge is -2.22. The molecule has 130 valence electrons. The second kappa shape index (κ2) is 6.95. The topological polar surface area (TPSA) is 88.8 Å². The number of hydrogen-bond acceptors (Lipinski definition) is 4. The number of ether oxygens (including phenoxy) is 1. The maximum absolute atomic E-state index is 11.9. The number of benzene rings is 1. The van der Waals surface area contributed by atoms with Gasteiger partial charge in [0, 0.05) is 23.8 Å². The van der Waals surface area contributed by atoms with Crippen LogP contribution in [0.3, 0.4) is 0 Å². The zero-order valence-electron chi connectivity index (χ0n) is 14.4. The molecule has 0 radical (unpaired) electrons. The molecule has 0 aliphatic heterocycles. The number of carbonyl (C=O) groups excluding carboxylic acids is 1. The predicted octanol–water partition coefficient (Wildman–Crippen LogP) is 3.52. The van der Waals surface area contributed by atoms with Gasteiger partial charge in [0.15, 0.2) is 0 Å². The van der Waals surface area contributed by atoms with Crippen molar-refractivity contribution >= 4 is 23.0 Å². The van der Waals surface area contributed by atoms with Crippen molar-refractivity contribution in [1.29, 1.82) is 0 Å². The molecule has 6 heteroatoms. The van der Waals surface area contributed by atoms with Gasteiger partial charge < -0.3 is 19.6 Å². The van der Waals surface area contributed by atoms with Gasteiger partial charge in [0.1, 0.15) is 23.0 Å². The van der Waals surface area contributed by atoms with Crippen molar-refractivity contribution in [3.63, 3.8) is 0 Å². The van der Waals surface area contributed by atoms with Gasteiger partial charge in [0.2, 0.25) is 0 Å². The number of aryl methyl sites for hydroxylation is 1. The zero-order chi connectivity index (χ0) is 17.9. The Morgan fingerprint density at radius 2 is 1.96 bits per heavy atom. The largest absolute Gasteiger partial charge is 0.480 e. The minimum atomic E-state index is -1.12. The van der Waals surface area contributed by atoms with E-state index in [0.29, 0.717) is 12.0 Å². The number of furan rings is 1. The van der Waals surface area contributed by atoms with Crippen LogP contribution in [0.15, 0.2) is 28.7 Å². The predicted molar refractivity (Wildman–Crippen MR) is 90.1 cm³/mol. The molecule has 6 nitrogen and oxygen atoms in total. The molecule has 0 aliphatic rings. The lowest BCUT2D eigenvalue weighted by molar-refractivity contribution is -0.139. The van der Waals surface area contributed by atoms with Crippen molar-refractivity contribution in [1.82, 2.24) is 5.32 Å². The fourth-order valence-electron chi connectivity index (χ4n) is 2.51. The summed E-state index contributed by atoms with van der Waals surface area (Å²) in [5.74, 6) is -0.387. The molecule has 0 fully saturated rings. The van der Waals surface area contributed by atoms with E-state index in [1.165, 1.54) is 0 Å². The molecule has 0 bridgehead atoms. The summed E-state index contributed by atoms with van der Waals surface area (Å²) >= 11 is 0. The van der Waals surface area contributed by atoms with E-state index in [-0.39, 0.29) is 6.42 Å². The Hall–Kier alpha value is -2.50. The highest BCUT2D eigenvalue weighted by atomic mass is 16.6. The fraction of sp³-hybridized carbons (Fsp3) is 0.444. The molecule has 2 N–H and O–H groups in total. The van der Waals surface area contributed by atoms with Gasteiger partial charge in [-0.25, -0.2) is 9.59 Å². The number of carbonyl (C=O) groups is 2. The number of fused-ring (bicyclic) bond motifs is 1. The van der Waals surface area contributed by atoms with Crippen LogP contribution >= 0.6 is 0 Å². The van der Waals surface area contributed by atoms with Crippen LogP contribution in [-0.4, -0.2) is 28.8 Å². The normalized spacial score (nSPS) is 12.8. The van der Waals surface area contributed by atoms with Gasteiger partial charge in [-0.05, 0) is 26.8 Å². The van der Waals surface area contributed by atoms with Gasteiger partial charge >= 0.3 is 12.1 Å². The summed E-state index contributed by atoms with van der Waals surface area (Å²) in [5, 5.41) is 12.7. The Bertz CT molecular complexity index is 741. The van der Waals surface area contributed by atoms with Crippen molar-refractivity contribution in [3.8, 4) is 0 Å². The van der Waals surface area contributed by atoms with E-state index in [1.807, 2.05) is 31.2 Å². The summed E-state index contributed by atoms with van der Waals surface area (Å²) in [4.78, 5) is 23.5. The first-order chi connectivity index (χ1) is 11.2. The summed E-state index contributed by atoms with van der Waals surface area (Å²) in [7, 11) is 0. The molecule has 24 heavy (non-hydrogen) atoms. The van der Waals surface area contributed by atoms with Crippen molar-refractivity contribution < 1.29 is 23.8 Å². The number of carboxylic acid groups (broad SMARTS) is 1. The van der Waals surface area contributed by atoms with Crippen LogP contribution in [0.5, 0.6) is 0 Å². The van der Waals surface area contributed by atoms with Gasteiger partial charge in [-0.1, -0.05) is 25.1 Å². The maximum atomic E-state index is 11.9. The molecular weight excluding hydrogens is 310 g/mol. The number of aliphatic carboxylic acids is 1. The highest BCUT2D eigenvalue weighted by Crippen LogP contribution is 2.27. The van der Waals surface area contributed by atoms with Gasteiger partial charge in [-0.2, -0.15) is 0 Å². The van der Waals surface area contributed by atoms with Crippen molar-refractivity contribution in [3.05, 3.63) is 35.6 Å². The Morgan fingerprint density at radius 1 is 1.29 bits per heavy atom. The molecule has 0 aliphatic carbocycles. The molecule has 1 unspecified atom stereocenters. The number of amides is 1. The third-order valence-electron chi connectivity index (χ3n) is 3.50. The van der Waals surface area contributed by atoms with E-state index in [2.05, 4.69) is 5.32 Å². The van der Waals surface area contributed by atoms with Crippen LogP contribution < -0.4 is 5.32 Å². The number of alkyl carbamates (subject to hydrolysis) is 1. The molecule has 1 amide bonds. The molecule has 0 saturated heterocycles. The first kappa shape index (κ1) is 17.8. The van der Waals surface area contributed by atoms with Crippen molar-refractivity contribution in [2.75, 3.05) is 0 Å². The smallest absolute Gasteiger partial charge is 0.408 e. The summed E-state index contributed by atoms with van der Waals surface area (Å²) in [5.41, 5.74) is 0.826. The lowest BCUT2D eigenvalue weighted by Crippen LogP contribution is -2.44. The minimum Gasteiger partial charge on any atom is -0.480 e. The van der Waals surface area contributed by atoms with E-state index in [9.17, 15) is 14.7 Å². The number of carboxylic acids is 1. The summed E-state index contributed by atoms with van der Waals surface area (Å²) in [6, 6.07) is 6.38. The molecule has 1 atom stereocenters. The van der Waals surface area contributed by atoms with Gasteiger partial charge in [0.05, 0.1) is 0 Å². The third-order valence-corrected chi connectivity index (χ3v) is 3.50. The first-order valence-corrected chi connectivity index (χ1v) is 7.93. The van der Waals surface area contributed by atoms with E-state index in [1.54, 1.807) is 20.8 Å². The molecule has 1 aromatic heterocycles. The quantitative estimate of drug-likeness (QED) is 0.874. The van der Waals surface area contributed by atoms with E-state index in [0.717, 1.165) is 16.7 Å². The van der Waals surface area contributed by atoms with E-state index < -0.39 is 23.7 Å². The fourth-order valence-corrected chi connectivity index (χ4v) is 2.51. The second-order valence-corrected chi connectivity index (χ2v) is 6.59. The van der Waals surface area contributed by atoms with Crippen LogP contribution in [-0.2, 0) is 22.4 Å². The number of nitrogens with one attached hydrogen (secondary N) is 1. The Balaban J connectivity index is 2.25. The summed E-state index contributed by atoms with van der Waals surface area (Å²) < 4.78 is 10.9. The van der Waals surface area contributed by atoms with Crippen LogP contribution in [0.1, 0.15) is 39.0 Å². The monoisotopic (exact) mass is 333 g/mol. The van der Waals surface area contributed by atoms with E-state index >= 15 is 0 Å². The van der Waals surface area contributed by atoms with Crippen LogP contribution in [0.4, 0.5) is 4.79 Å². The highest BCUT2D eigenvalue weighted by Gasteiger charge is 2.26. The van der Waals surface area contributed by atoms with Crippen LogP contribution in [0, 0.1) is 0 Å². The molecule has 2 aromatic rings. The third kappa shape index (κ3) is 4.28. The minimum absolute atomic E-state index is 0.134. The highest BCUT2D eigenvalue weighted by molar-refractivity contribution is 5.85. The van der Waals surface area contributed by atoms with Crippen LogP contribution in [0.25, 0.3) is 11.0 Å². The van der Waals surface area contributed by atoms with Crippen molar-refractivity contribution in [2.45, 2.75) is 52.2 Å². The standard InChI is InChI=1S/C18H23NO5/c1-5-14-12(11-8-6-7-9-15(11)23-14)10-13(16(20)21)19-17(22)24-18(2,3)4/h6-9,13H,5,10H2,1-4H3,(H,19,22)(H,20,21). The average Bonchev–Trinajstić information content (AvgIpc) is 2.82.